The van der Waals surface area contributed by atoms with Crippen molar-refractivity contribution >= 4 is 0 Å². The van der Waals surface area contributed by atoms with Gasteiger partial charge in [-0.05, 0) is 0 Å². The van der Waals surface area contributed by atoms with E-state index in [0.717, 1.165) is 0 Å². The molecule has 0 aromatic carbocycles. The lowest BCUT2D eigenvalue weighted by Gasteiger charge is -1.92. The van der Waals surface area contributed by atoms with Crippen LogP contribution in [-0.4, -0.2) is 12.9 Å². The highest BCUT2D eigenvalue weighted by molar-refractivity contribution is 4.40. The van der Waals surface area contributed by atoms with Crippen molar-refractivity contribution < 1.29 is 17.6 Å². The third-order valence-electron chi connectivity index (χ3n) is 0.356. The zero-order valence-corrected chi connectivity index (χ0v) is 3.37. The second-order valence-corrected chi connectivity index (χ2v) is 1.02. The molecule has 0 aliphatic heterocycles. The molecule has 0 aromatic rings. The second kappa shape index (κ2) is 2.82. The molecular formula is C3H4F4. The van der Waals surface area contributed by atoms with E-state index in [1.807, 2.05) is 0 Å². The van der Waals surface area contributed by atoms with Crippen LogP contribution in [0.1, 0.15) is 6.42 Å². The SMILES string of the molecule is FC(F)CC(F)F. The van der Waals surface area contributed by atoms with Crippen molar-refractivity contribution in [1.29, 1.82) is 0 Å². The summed E-state index contributed by atoms with van der Waals surface area (Å²) in [4.78, 5) is 0. The first-order valence-electron chi connectivity index (χ1n) is 1.69. The smallest absolute Gasteiger partial charge is 0.210 e. The van der Waals surface area contributed by atoms with Gasteiger partial charge in [0.15, 0.2) is 0 Å². The van der Waals surface area contributed by atoms with Crippen LogP contribution in [0.4, 0.5) is 17.6 Å². The summed E-state index contributed by atoms with van der Waals surface area (Å²) in [7, 11) is 0. The van der Waals surface area contributed by atoms with Gasteiger partial charge >= 0.3 is 0 Å². The summed E-state index contributed by atoms with van der Waals surface area (Å²) in [5, 5.41) is 0. The van der Waals surface area contributed by atoms with E-state index in [4.69, 9.17) is 0 Å². The molecule has 44 valence electrons. The van der Waals surface area contributed by atoms with Crippen molar-refractivity contribution in [2.75, 3.05) is 0 Å². The monoisotopic (exact) mass is 116 g/mol. The molecule has 0 amide bonds. The lowest BCUT2D eigenvalue weighted by atomic mass is 10.5. The molecular weight excluding hydrogens is 112 g/mol. The van der Waals surface area contributed by atoms with E-state index in [9.17, 15) is 17.6 Å². The Balaban J connectivity index is 2.95. The van der Waals surface area contributed by atoms with E-state index in [1.54, 1.807) is 0 Å². The molecule has 0 unspecified atom stereocenters. The van der Waals surface area contributed by atoms with Crippen LogP contribution in [0.2, 0.25) is 0 Å². The molecule has 0 fully saturated rings. The van der Waals surface area contributed by atoms with Crippen LogP contribution in [-0.2, 0) is 0 Å². The average Bonchev–Trinajstić information content (AvgIpc) is 1.27. The fraction of sp³-hybridized carbons (Fsp3) is 1.00. The van der Waals surface area contributed by atoms with Gasteiger partial charge in [0.05, 0.1) is 6.42 Å². The number of rotatable bonds is 2. The van der Waals surface area contributed by atoms with Gasteiger partial charge in [-0.25, -0.2) is 17.6 Å². The molecule has 0 atom stereocenters. The topological polar surface area (TPSA) is 0 Å². The Bertz CT molecular complexity index is 36.2. The molecule has 0 nitrogen and oxygen atoms in total. The lowest BCUT2D eigenvalue weighted by molar-refractivity contribution is 0.0439. The molecule has 7 heavy (non-hydrogen) atoms. The maximum absolute atomic E-state index is 10.8. The first kappa shape index (κ1) is 6.72. The average molecular weight is 116 g/mol. The predicted octanol–water partition coefficient (Wildman–Crippen LogP) is 1.91. The van der Waals surface area contributed by atoms with E-state index in [-0.39, 0.29) is 0 Å². The van der Waals surface area contributed by atoms with Crippen molar-refractivity contribution in [3.8, 4) is 0 Å². The highest BCUT2D eigenvalue weighted by Crippen LogP contribution is 2.06. The van der Waals surface area contributed by atoms with E-state index >= 15 is 0 Å². The van der Waals surface area contributed by atoms with Gasteiger partial charge < -0.3 is 0 Å². The van der Waals surface area contributed by atoms with Crippen LogP contribution in [0.5, 0.6) is 0 Å². The molecule has 0 aromatic heterocycles. The number of hydrogen-bond acceptors (Lipinski definition) is 0. The maximum atomic E-state index is 10.8. The summed E-state index contributed by atoms with van der Waals surface area (Å²) < 4.78 is 43.2. The number of hydrogen-bond donors (Lipinski definition) is 0. The molecule has 0 spiro atoms. The van der Waals surface area contributed by atoms with Crippen LogP contribution < -0.4 is 0 Å². The Labute approximate surface area is 38.1 Å². The van der Waals surface area contributed by atoms with Gasteiger partial charge in [0, 0.05) is 0 Å². The zero-order chi connectivity index (χ0) is 5.86. The highest BCUT2D eigenvalue weighted by Gasteiger charge is 2.10. The van der Waals surface area contributed by atoms with E-state index in [0.29, 0.717) is 0 Å². The molecule has 0 rings (SSSR count). The summed E-state index contributed by atoms with van der Waals surface area (Å²) in [5.74, 6) is 0. The molecule has 0 aliphatic rings. The number of halogens is 4. The summed E-state index contributed by atoms with van der Waals surface area (Å²) in [6.07, 6.45) is -7.06. The summed E-state index contributed by atoms with van der Waals surface area (Å²) in [6.45, 7) is 0. The Morgan fingerprint density at radius 1 is 0.857 bits per heavy atom. The van der Waals surface area contributed by atoms with E-state index < -0.39 is 19.3 Å². The van der Waals surface area contributed by atoms with Gasteiger partial charge in [-0.15, -0.1) is 0 Å². The molecule has 0 saturated heterocycles. The molecule has 0 heterocycles. The highest BCUT2D eigenvalue weighted by atomic mass is 19.3. The van der Waals surface area contributed by atoms with E-state index in [1.165, 1.54) is 0 Å². The summed E-state index contributed by atoms with van der Waals surface area (Å²) in [5.41, 5.74) is 0. The van der Waals surface area contributed by atoms with Crippen molar-refractivity contribution in [2.45, 2.75) is 19.3 Å². The second-order valence-electron chi connectivity index (χ2n) is 1.02. The van der Waals surface area contributed by atoms with Gasteiger partial charge in [0.1, 0.15) is 0 Å². The zero-order valence-electron chi connectivity index (χ0n) is 3.37. The largest absolute Gasteiger partial charge is 0.244 e. The molecule has 0 aliphatic carbocycles. The predicted molar refractivity (Wildman–Crippen MR) is 16.6 cm³/mol. The van der Waals surface area contributed by atoms with Crippen LogP contribution >= 0.6 is 0 Å². The lowest BCUT2D eigenvalue weighted by Crippen LogP contribution is -1.98. The molecule has 4 heteroatoms. The van der Waals surface area contributed by atoms with E-state index in [2.05, 4.69) is 0 Å². The van der Waals surface area contributed by atoms with Gasteiger partial charge in [-0.3, -0.25) is 0 Å². The van der Waals surface area contributed by atoms with Gasteiger partial charge in [-0.2, -0.15) is 0 Å². The fourth-order valence-corrected chi connectivity index (χ4v) is 0.135. The Morgan fingerprint density at radius 2 is 1.14 bits per heavy atom. The van der Waals surface area contributed by atoms with Crippen molar-refractivity contribution in [3.63, 3.8) is 0 Å². The van der Waals surface area contributed by atoms with Gasteiger partial charge in [-0.1, -0.05) is 0 Å². The third kappa shape index (κ3) is 5.72. The summed E-state index contributed by atoms with van der Waals surface area (Å²) >= 11 is 0. The standard InChI is InChI=1S/C3H4F4/c4-2(5)1-3(6)7/h2-3H,1H2. The summed E-state index contributed by atoms with van der Waals surface area (Å²) in [6, 6.07) is 0. The van der Waals surface area contributed by atoms with Crippen molar-refractivity contribution in [3.05, 3.63) is 0 Å². The number of alkyl halides is 4. The van der Waals surface area contributed by atoms with Crippen LogP contribution in [0.15, 0.2) is 0 Å². The third-order valence-corrected chi connectivity index (χ3v) is 0.356. The van der Waals surface area contributed by atoms with Crippen LogP contribution in [0, 0.1) is 0 Å². The van der Waals surface area contributed by atoms with Crippen LogP contribution in [0.3, 0.4) is 0 Å². The minimum Gasteiger partial charge on any atom is -0.210 e. The van der Waals surface area contributed by atoms with Crippen molar-refractivity contribution in [2.24, 2.45) is 0 Å². The van der Waals surface area contributed by atoms with Crippen LogP contribution in [0.25, 0.3) is 0 Å². The Hall–Kier alpha value is -0.280. The molecule has 0 radical (unpaired) electrons. The van der Waals surface area contributed by atoms with Gasteiger partial charge in [0.25, 0.3) is 0 Å². The first-order chi connectivity index (χ1) is 3.13. The van der Waals surface area contributed by atoms with Gasteiger partial charge in [0.2, 0.25) is 12.9 Å². The maximum Gasteiger partial charge on any atom is 0.244 e. The normalized spacial score (nSPS) is 11.1. The van der Waals surface area contributed by atoms with Crippen molar-refractivity contribution in [1.82, 2.24) is 0 Å². The molecule has 0 bridgehead atoms. The fourth-order valence-electron chi connectivity index (χ4n) is 0.135. The Morgan fingerprint density at radius 3 is 1.14 bits per heavy atom. The molecule has 0 saturated carbocycles. The minimum absolute atomic E-state index is 1.31. The molecule has 0 N–H and O–H groups in total. The first-order valence-corrected chi connectivity index (χ1v) is 1.69. The Kier molecular flexibility index (Phi) is 2.71. The minimum atomic E-state index is -2.88. The quantitative estimate of drug-likeness (QED) is 0.483.